The van der Waals surface area contributed by atoms with E-state index < -0.39 is 0 Å². The molecule has 1 saturated carbocycles. The number of ether oxygens (including phenoxy) is 1. The Hall–Kier alpha value is -1.32. The highest BCUT2D eigenvalue weighted by molar-refractivity contribution is 9.10. The minimum Gasteiger partial charge on any atom is -0.488 e. The number of benzene rings is 2. The molecule has 0 bridgehead atoms. The fourth-order valence-corrected chi connectivity index (χ4v) is 2.58. The molecule has 1 aliphatic rings. The lowest BCUT2D eigenvalue weighted by atomic mass is 10.1. The Morgan fingerprint density at radius 2 is 1.84 bits per heavy atom. The molecule has 0 heterocycles. The van der Waals surface area contributed by atoms with E-state index in [-0.39, 0.29) is 5.54 Å². The van der Waals surface area contributed by atoms with Gasteiger partial charge in [-0.05, 0) is 52.0 Å². The van der Waals surface area contributed by atoms with Gasteiger partial charge in [0.25, 0.3) is 0 Å². The van der Waals surface area contributed by atoms with Crippen molar-refractivity contribution in [2.45, 2.75) is 25.0 Å². The number of hydrogen-bond donors (Lipinski definition) is 1. The van der Waals surface area contributed by atoms with E-state index in [4.69, 9.17) is 10.5 Å². The number of hydrogen-bond acceptors (Lipinski definition) is 2. The van der Waals surface area contributed by atoms with E-state index in [0.717, 1.165) is 28.6 Å². The lowest BCUT2D eigenvalue weighted by Gasteiger charge is -2.13. The van der Waals surface area contributed by atoms with Gasteiger partial charge in [-0.25, -0.2) is 0 Å². The molecular weight excluding hydrogens is 302 g/mol. The van der Waals surface area contributed by atoms with Gasteiger partial charge in [0.1, 0.15) is 12.4 Å². The summed E-state index contributed by atoms with van der Waals surface area (Å²) in [4.78, 5) is 0. The Morgan fingerprint density at radius 1 is 1.11 bits per heavy atom. The average Bonchev–Trinajstić information content (AvgIpc) is 3.18. The molecule has 3 heteroatoms. The van der Waals surface area contributed by atoms with Gasteiger partial charge < -0.3 is 10.5 Å². The Kier molecular flexibility index (Phi) is 3.33. The number of nitrogens with two attached hydrogens (primary N) is 1. The van der Waals surface area contributed by atoms with Crippen molar-refractivity contribution in [3.05, 3.63) is 64.1 Å². The van der Waals surface area contributed by atoms with Crippen LogP contribution < -0.4 is 10.5 Å². The maximum atomic E-state index is 6.19. The van der Waals surface area contributed by atoms with Crippen LogP contribution in [0.4, 0.5) is 0 Å². The van der Waals surface area contributed by atoms with E-state index in [1.165, 1.54) is 5.56 Å². The monoisotopic (exact) mass is 317 g/mol. The summed E-state index contributed by atoms with van der Waals surface area (Å²) < 4.78 is 6.79. The molecule has 2 aromatic carbocycles. The Bertz CT molecular complexity index is 579. The molecule has 0 radical (unpaired) electrons. The van der Waals surface area contributed by atoms with Gasteiger partial charge in [-0.3, -0.25) is 0 Å². The van der Waals surface area contributed by atoms with E-state index in [1.54, 1.807) is 0 Å². The Labute approximate surface area is 121 Å². The summed E-state index contributed by atoms with van der Waals surface area (Å²) in [5.74, 6) is 0.858. The summed E-state index contributed by atoms with van der Waals surface area (Å²) in [6.07, 6.45) is 2.15. The molecule has 0 atom stereocenters. The van der Waals surface area contributed by atoms with Crippen molar-refractivity contribution in [1.82, 2.24) is 0 Å². The molecule has 0 saturated heterocycles. The molecule has 2 aromatic rings. The molecule has 1 fully saturated rings. The third-order valence-corrected chi connectivity index (χ3v) is 4.15. The number of rotatable bonds is 4. The van der Waals surface area contributed by atoms with Crippen LogP contribution in [0.3, 0.4) is 0 Å². The van der Waals surface area contributed by atoms with Gasteiger partial charge >= 0.3 is 0 Å². The molecule has 0 unspecified atom stereocenters. The first-order chi connectivity index (χ1) is 9.17. The van der Waals surface area contributed by atoms with Crippen LogP contribution in [0.1, 0.15) is 24.0 Å². The maximum absolute atomic E-state index is 6.19. The van der Waals surface area contributed by atoms with Crippen molar-refractivity contribution in [2.24, 2.45) is 5.73 Å². The van der Waals surface area contributed by atoms with Crippen molar-refractivity contribution in [3.8, 4) is 5.75 Å². The molecule has 2 N–H and O–H groups in total. The summed E-state index contributed by atoms with van der Waals surface area (Å²) in [5.41, 5.74) is 8.44. The van der Waals surface area contributed by atoms with Crippen molar-refractivity contribution < 1.29 is 4.74 Å². The Morgan fingerprint density at radius 3 is 2.47 bits per heavy atom. The molecular formula is C16H16BrNO. The predicted molar refractivity (Wildman–Crippen MR) is 80.0 cm³/mol. The molecule has 0 aromatic heterocycles. The highest BCUT2D eigenvalue weighted by Gasteiger charge is 2.40. The van der Waals surface area contributed by atoms with Crippen LogP contribution >= 0.6 is 15.9 Å². The van der Waals surface area contributed by atoms with E-state index in [0.29, 0.717) is 6.61 Å². The Balaban J connectivity index is 1.71. The smallest absolute Gasteiger partial charge is 0.134 e. The summed E-state index contributed by atoms with van der Waals surface area (Å²) in [7, 11) is 0. The largest absolute Gasteiger partial charge is 0.488 e. The van der Waals surface area contributed by atoms with Gasteiger partial charge in [0.2, 0.25) is 0 Å². The zero-order valence-electron chi connectivity index (χ0n) is 10.6. The summed E-state index contributed by atoms with van der Waals surface area (Å²) >= 11 is 3.56. The van der Waals surface area contributed by atoms with Crippen LogP contribution in [-0.4, -0.2) is 0 Å². The lowest BCUT2D eigenvalue weighted by molar-refractivity contribution is 0.304. The van der Waals surface area contributed by atoms with Crippen molar-refractivity contribution in [2.75, 3.05) is 0 Å². The van der Waals surface area contributed by atoms with Gasteiger partial charge in [-0.1, -0.05) is 36.4 Å². The minimum atomic E-state index is -0.0967. The van der Waals surface area contributed by atoms with Crippen molar-refractivity contribution in [3.63, 3.8) is 0 Å². The average molecular weight is 318 g/mol. The third-order valence-electron chi connectivity index (χ3n) is 3.53. The summed E-state index contributed by atoms with van der Waals surface area (Å²) in [5, 5.41) is 0. The first kappa shape index (κ1) is 12.7. The number of halogens is 1. The first-order valence-corrected chi connectivity index (χ1v) is 7.22. The van der Waals surface area contributed by atoms with E-state index >= 15 is 0 Å². The quantitative estimate of drug-likeness (QED) is 0.925. The fourth-order valence-electron chi connectivity index (χ4n) is 2.09. The van der Waals surface area contributed by atoms with Crippen LogP contribution in [-0.2, 0) is 12.1 Å². The van der Waals surface area contributed by atoms with Gasteiger partial charge in [0.15, 0.2) is 0 Å². The second-order valence-corrected chi connectivity index (χ2v) is 5.93. The molecule has 0 spiro atoms. The normalized spacial score (nSPS) is 16.1. The lowest BCUT2D eigenvalue weighted by Crippen LogP contribution is -2.18. The molecule has 0 aliphatic heterocycles. The summed E-state index contributed by atoms with van der Waals surface area (Å²) in [6, 6.07) is 16.3. The maximum Gasteiger partial charge on any atom is 0.134 e. The van der Waals surface area contributed by atoms with Gasteiger partial charge in [-0.15, -0.1) is 0 Å². The van der Waals surface area contributed by atoms with Gasteiger partial charge in [0, 0.05) is 5.54 Å². The first-order valence-electron chi connectivity index (χ1n) is 6.43. The summed E-state index contributed by atoms with van der Waals surface area (Å²) in [6.45, 7) is 0.576. The van der Waals surface area contributed by atoms with Crippen molar-refractivity contribution in [1.29, 1.82) is 0 Å². The van der Waals surface area contributed by atoms with E-state index in [1.807, 2.05) is 24.3 Å². The van der Waals surface area contributed by atoms with Crippen LogP contribution in [0.2, 0.25) is 0 Å². The highest BCUT2D eigenvalue weighted by atomic mass is 79.9. The molecule has 1 aliphatic carbocycles. The van der Waals surface area contributed by atoms with Crippen molar-refractivity contribution >= 4 is 15.9 Å². The van der Waals surface area contributed by atoms with E-state index in [2.05, 4.69) is 40.2 Å². The zero-order valence-corrected chi connectivity index (χ0v) is 12.2. The predicted octanol–water partition coefficient (Wildman–Crippen LogP) is 3.98. The SMILES string of the molecule is NC1(c2ccc(OCc3ccccc3)c(Br)c2)CC1. The second-order valence-electron chi connectivity index (χ2n) is 5.08. The molecule has 0 amide bonds. The van der Waals surface area contributed by atoms with Crippen LogP contribution in [0, 0.1) is 0 Å². The minimum absolute atomic E-state index is 0.0967. The zero-order chi connectivity index (χ0) is 13.3. The van der Waals surface area contributed by atoms with Crippen LogP contribution in [0.15, 0.2) is 53.0 Å². The fraction of sp³-hybridized carbons (Fsp3) is 0.250. The van der Waals surface area contributed by atoms with Gasteiger partial charge in [-0.2, -0.15) is 0 Å². The van der Waals surface area contributed by atoms with E-state index in [9.17, 15) is 0 Å². The second kappa shape index (κ2) is 4.99. The van der Waals surface area contributed by atoms with Crippen LogP contribution in [0.5, 0.6) is 5.75 Å². The molecule has 2 nitrogen and oxygen atoms in total. The topological polar surface area (TPSA) is 35.2 Å². The molecule has 3 rings (SSSR count). The van der Waals surface area contributed by atoms with Crippen LogP contribution in [0.25, 0.3) is 0 Å². The third kappa shape index (κ3) is 2.82. The molecule has 19 heavy (non-hydrogen) atoms. The highest BCUT2D eigenvalue weighted by Crippen LogP contribution is 2.44. The standard InChI is InChI=1S/C16H16BrNO/c17-14-10-13(16(18)8-9-16)6-7-15(14)19-11-12-4-2-1-3-5-12/h1-7,10H,8-9,11,18H2. The molecule has 98 valence electrons. The van der Waals surface area contributed by atoms with Gasteiger partial charge in [0.05, 0.1) is 4.47 Å².